The lowest BCUT2D eigenvalue weighted by molar-refractivity contribution is 0.276. The Morgan fingerprint density at radius 2 is 1.18 bits per heavy atom. The molecule has 0 N–H and O–H groups in total. The molecule has 0 heterocycles. The maximum absolute atomic E-state index is 6.01. The van der Waals surface area contributed by atoms with Gasteiger partial charge in [-0.2, -0.15) is 0 Å². The SMILES string of the molecule is CCCCCCCCCCc1ccc(-c2ccc(OCCC(C)CCCC(C)C)cc2)cc1. The third-order valence-electron chi connectivity index (χ3n) is 6.82. The highest BCUT2D eigenvalue weighted by molar-refractivity contribution is 5.64. The highest BCUT2D eigenvalue weighted by Gasteiger charge is 2.05. The standard InChI is InChI=1S/C32H50O/c1-5-6-7-8-9-10-11-12-16-29-17-19-30(20-18-29)31-21-23-32(24-22-31)33-26-25-28(4)15-13-14-27(2)3/h17-24,27-28H,5-16,25-26H2,1-4H3. The molecule has 2 aromatic carbocycles. The van der Waals surface area contributed by atoms with Gasteiger partial charge in [0, 0.05) is 0 Å². The first-order valence-corrected chi connectivity index (χ1v) is 13.9. The van der Waals surface area contributed by atoms with Crippen molar-refractivity contribution in [3.8, 4) is 16.9 Å². The van der Waals surface area contributed by atoms with E-state index in [1.165, 1.54) is 93.7 Å². The summed E-state index contributed by atoms with van der Waals surface area (Å²) in [6.07, 6.45) is 17.4. The fraction of sp³-hybridized carbons (Fsp3) is 0.625. The Bertz CT molecular complexity index is 713. The van der Waals surface area contributed by atoms with Gasteiger partial charge in [-0.3, -0.25) is 0 Å². The van der Waals surface area contributed by atoms with Crippen molar-refractivity contribution in [1.29, 1.82) is 0 Å². The minimum atomic E-state index is 0.743. The maximum Gasteiger partial charge on any atom is 0.119 e. The van der Waals surface area contributed by atoms with Gasteiger partial charge in [-0.1, -0.05) is 128 Å². The molecule has 0 saturated heterocycles. The summed E-state index contributed by atoms with van der Waals surface area (Å²) in [5.74, 6) is 2.55. The third kappa shape index (κ3) is 12.3. The molecular formula is C32H50O. The summed E-state index contributed by atoms with van der Waals surface area (Å²) in [6, 6.07) is 17.8. The van der Waals surface area contributed by atoms with Gasteiger partial charge in [-0.25, -0.2) is 0 Å². The van der Waals surface area contributed by atoms with Crippen molar-refractivity contribution in [2.24, 2.45) is 11.8 Å². The molecule has 0 spiro atoms. The summed E-state index contributed by atoms with van der Waals surface area (Å²) in [6.45, 7) is 10.1. The molecule has 1 heteroatoms. The van der Waals surface area contributed by atoms with E-state index in [1.807, 2.05) is 0 Å². The Hall–Kier alpha value is -1.76. The van der Waals surface area contributed by atoms with Gasteiger partial charge in [0.1, 0.15) is 5.75 Å². The fourth-order valence-corrected chi connectivity index (χ4v) is 4.47. The number of hydrogen-bond donors (Lipinski definition) is 0. The van der Waals surface area contributed by atoms with Crippen LogP contribution in [0.2, 0.25) is 0 Å². The van der Waals surface area contributed by atoms with Crippen LogP contribution in [-0.4, -0.2) is 6.61 Å². The quantitative estimate of drug-likeness (QED) is 0.205. The van der Waals surface area contributed by atoms with E-state index >= 15 is 0 Å². The molecule has 0 aliphatic heterocycles. The van der Waals surface area contributed by atoms with E-state index in [9.17, 15) is 0 Å². The van der Waals surface area contributed by atoms with Crippen LogP contribution in [-0.2, 0) is 6.42 Å². The van der Waals surface area contributed by atoms with Gasteiger partial charge in [0.25, 0.3) is 0 Å². The molecule has 0 fully saturated rings. The molecule has 0 saturated carbocycles. The Morgan fingerprint density at radius 1 is 0.606 bits per heavy atom. The minimum absolute atomic E-state index is 0.743. The second-order valence-corrected chi connectivity index (χ2v) is 10.5. The van der Waals surface area contributed by atoms with Gasteiger partial charge < -0.3 is 4.74 Å². The minimum Gasteiger partial charge on any atom is -0.494 e. The normalized spacial score (nSPS) is 12.3. The van der Waals surface area contributed by atoms with Crippen molar-refractivity contribution < 1.29 is 4.74 Å². The summed E-state index contributed by atoms with van der Waals surface area (Å²) in [5, 5.41) is 0. The third-order valence-corrected chi connectivity index (χ3v) is 6.82. The summed E-state index contributed by atoms with van der Waals surface area (Å²) in [7, 11) is 0. The number of rotatable bonds is 18. The van der Waals surface area contributed by atoms with Crippen molar-refractivity contribution >= 4 is 0 Å². The van der Waals surface area contributed by atoms with Gasteiger partial charge in [0.15, 0.2) is 0 Å². The van der Waals surface area contributed by atoms with Crippen LogP contribution in [0.15, 0.2) is 48.5 Å². The molecule has 2 rings (SSSR count). The summed E-state index contributed by atoms with van der Waals surface area (Å²) >= 11 is 0. The van der Waals surface area contributed by atoms with E-state index in [0.717, 1.165) is 30.6 Å². The molecule has 2 aromatic rings. The van der Waals surface area contributed by atoms with Crippen molar-refractivity contribution in [3.63, 3.8) is 0 Å². The van der Waals surface area contributed by atoms with E-state index in [-0.39, 0.29) is 0 Å². The van der Waals surface area contributed by atoms with Crippen LogP contribution in [0.1, 0.15) is 110 Å². The predicted octanol–water partition coefficient (Wildman–Crippen LogP) is 10.3. The van der Waals surface area contributed by atoms with Gasteiger partial charge >= 0.3 is 0 Å². The zero-order chi connectivity index (χ0) is 23.7. The van der Waals surface area contributed by atoms with E-state index in [1.54, 1.807) is 0 Å². The van der Waals surface area contributed by atoms with Crippen molar-refractivity contribution in [2.45, 2.75) is 111 Å². The molecule has 1 unspecified atom stereocenters. The Morgan fingerprint density at radius 3 is 1.79 bits per heavy atom. The lowest BCUT2D eigenvalue weighted by atomic mass is 9.98. The number of hydrogen-bond acceptors (Lipinski definition) is 1. The Labute approximate surface area is 205 Å². The molecule has 1 nitrogen and oxygen atoms in total. The highest BCUT2D eigenvalue weighted by Crippen LogP contribution is 2.24. The molecule has 0 aliphatic carbocycles. The smallest absolute Gasteiger partial charge is 0.119 e. The van der Waals surface area contributed by atoms with E-state index in [4.69, 9.17) is 4.74 Å². The average molecular weight is 451 g/mol. The monoisotopic (exact) mass is 450 g/mol. The number of benzene rings is 2. The van der Waals surface area contributed by atoms with Crippen LogP contribution in [0.3, 0.4) is 0 Å². The van der Waals surface area contributed by atoms with Crippen molar-refractivity contribution in [3.05, 3.63) is 54.1 Å². The lowest BCUT2D eigenvalue weighted by Crippen LogP contribution is -2.04. The average Bonchev–Trinajstić information content (AvgIpc) is 2.81. The zero-order valence-electron chi connectivity index (χ0n) is 22.1. The summed E-state index contributed by atoms with van der Waals surface area (Å²) in [4.78, 5) is 0. The maximum atomic E-state index is 6.01. The molecule has 0 aliphatic rings. The largest absolute Gasteiger partial charge is 0.494 e. The highest BCUT2D eigenvalue weighted by atomic mass is 16.5. The molecule has 33 heavy (non-hydrogen) atoms. The van der Waals surface area contributed by atoms with Crippen LogP contribution in [0.5, 0.6) is 5.75 Å². The topological polar surface area (TPSA) is 9.23 Å². The van der Waals surface area contributed by atoms with Crippen LogP contribution in [0.25, 0.3) is 11.1 Å². The fourth-order valence-electron chi connectivity index (χ4n) is 4.47. The summed E-state index contributed by atoms with van der Waals surface area (Å²) < 4.78 is 6.01. The van der Waals surface area contributed by atoms with Crippen LogP contribution in [0, 0.1) is 11.8 Å². The van der Waals surface area contributed by atoms with Crippen LogP contribution in [0.4, 0.5) is 0 Å². The number of aryl methyl sites for hydroxylation is 1. The van der Waals surface area contributed by atoms with Crippen LogP contribution < -0.4 is 4.74 Å². The molecule has 0 amide bonds. The lowest BCUT2D eigenvalue weighted by Gasteiger charge is -2.13. The Balaban J connectivity index is 1.65. The second-order valence-electron chi connectivity index (χ2n) is 10.5. The molecule has 0 bridgehead atoms. The summed E-state index contributed by atoms with van der Waals surface area (Å²) in [5.41, 5.74) is 4.02. The van der Waals surface area contributed by atoms with Gasteiger partial charge in [0.05, 0.1) is 6.61 Å². The number of unbranched alkanes of at least 4 members (excludes halogenated alkanes) is 7. The molecular weight excluding hydrogens is 400 g/mol. The molecule has 0 aromatic heterocycles. The second kappa shape index (κ2) is 16.8. The van der Waals surface area contributed by atoms with E-state index in [0.29, 0.717) is 0 Å². The van der Waals surface area contributed by atoms with E-state index in [2.05, 4.69) is 76.2 Å². The number of ether oxygens (including phenoxy) is 1. The zero-order valence-corrected chi connectivity index (χ0v) is 22.1. The van der Waals surface area contributed by atoms with Gasteiger partial charge in [-0.05, 0) is 59.9 Å². The van der Waals surface area contributed by atoms with E-state index < -0.39 is 0 Å². The van der Waals surface area contributed by atoms with Gasteiger partial charge in [0.2, 0.25) is 0 Å². The molecule has 1 atom stereocenters. The molecule has 0 radical (unpaired) electrons. The Kier molecular flexibility index (Phi) is 14.0. The first-order valence-electron chi connectivity index (χ1n) is 13.9. The van der Waals surface area contributed by atoms with Gasteiger partial charge in [-0.15, -0.1) is 0 Å². The van der Waals surface area contributed by atoms with Crippen molar-refractivity contribution in [2.75, 3.05) is 6.61 Å². The van der Waals surface area contributed by atoms with Crippen molar-refractivity contribution in [1.82, 2.24) is 0 Å². The first kappa shape index (κ1) is 27.5. The van der Waals surface area contributed by atoms with Crippen LogP contribution >= 0.6 is 0 Å². The first-order chi connectivity index (χ1) is 16.1. The predicted molar refractivity (Wildman–Crippen MR) is 146 cm³/mol. The molecule has 184 valence electrons.